The van der Waals surface area contributed by atoms with Gasteiger partial charge in [0.05, 0.1) is 23.3 Å². The van der Waals surface area contributed by atoms with Crippen LogP contribution in [0.4, 0.5) is 5.82 Å². The van der Waals surface area contributed by atoms with Gasteiger partial charge in [-0.3, -0.25) is 4.79 Å². The van der Waals surface area contributed by atoms with E-state index < -0.39 is 5.54 Å². The molecule has 1 aliphatic rings. The zero-order chi connectivity index (χ0) is 21.4. The van der Waals surface area contributed by atoms with Crippen LogP contribution in [-0.2, 0) is 0 Å². The van der Waals surface area contributed by atoms with Crippen LogP contribution in [0.3, 0.4) is 0 Å². The quantitative estimate of drug-likeness (QED) is 0.502. The molecule has 8 nitrogen and oxygen atoms in total. The van der Waals surface area contributed by atoms with Crippen LogP contribution in [0.5, 0.6) is 0 Å². The summed E-state index contributed by atoms with van der Waals surface area (Å²) in [6.45, 7) is 0.972. The number of nitrogens with zero attached hydrogens (tertiary/aromatic N) is 5. The van der Waals surface area contributed by atoms with Crippen LogP contribution >= 0.6 is 11.6 Å². The van der Waals surface area contributed by atoms with Gasteiger partial charge in [-0.1, -0.05) is 11.6 Å². The number of carbonyl (C=O) groups is 1. The number of carbonyl (C=O) groups excluding carboxylic acids is 1. The molecule has 4 heterocycles. The molecule has 0 radical (unpaired) electrons. The van der Waals surface area contributed by atoms with E-state index in [1.165, 1.54) is 0 Å². The zero-order valence-electron chi connectivity index (χ0n) is 16.6. The van der Waals surface area contributed by atoms with Crippen LogP contribution < -0.4 is 10.2 Å². The van der Waals surface area contributed by atoms with E-state index in [1.54, 1.807) is 35.3 Å². The fourth-order valence-electron chi connectivity index (χ4n) is 4.01. The Kier molecular flexibility index (Phi) is 4.88. The van der Waals surface area contributed by atoms with Crippen molar-refractivity contribution < 1.29 is 9.90 Å². The number of benzene rings is 1. The van der Waals surface area contributed by atoms with Crippen LogP contribution in [-0.4, -0.2) is 55.4 Å². The second kappa shape index (κ2) is 7.72. The molecule has 1 unspecified atom stereocenters. The van der Waals surface area contributed by atoms with Gasteiger partial charge in [-0.15, -0.1) is 0 Å². The van der Waals surface area contributed by atoms with Crippen molar-refractivity contribution in [2.45, 2.75) is 12.0 Å². The van der Waals surface area contributed by atoms with Gasteiger partial charge in [0.2, 0.25) is 0 Å². The molecule has 3 aromatic heterocycles. The van der Waals surface area contributed by atoms with Gasteiger partial charge in [-0.05, 0) is 48.9 Å². The first-order valence-electron chi connectivity index (χ1n) is 9.99. The van der Waals surface area contributed by atoms with Crippen LogP contribution in [0.15, 0.2) is 67.3 Å². The van der Waals surface area contributed by atoms with Crippen LogP contribution in [0.25, 0.3) is 11.2 Å². The number of hydrogen-bond acceptors (Lipinski definition) is 5. The van der Waals surface area contributed by atoms with E-state index >= 15 is 0 Å². The lowest BCUT2D eigenvalue weighted by Crippen LogP contribution is -2.53. The summed E-state index contributed by atoms with van der Waals surface area (Å²) in [6, 6.07) is 12.8. The first-order valence-corrected chi connectivity index (χ1v) is 10.4. The molecule has 2 N–H and O–H groups in total. The summed E-state index contributed by atoms with van der Waals surface area (Å²) in [5, 5.41) is 18.2. The summed E-state index contributed by atoms with van der Waals surface area (Å²) in [5.41, 5.74) is 1.32. The van der Waals surface area contributed by atoms with E-state index in [0.29, 0.717) is 24.5 Å². The molecule has 31 heavy (non-hydrogen) atoms. The second-order valence-corrected chi connectivity index (χ2v) is 8.17. The maximum atomic E-state index is 12.9. The van der Waals surface area contributed by atoms with Crippen molar-refractivity contribution in [1.82, 2.24) is 24.5 Å². The van der Waals surface area contributed by atoms with Gasteiger partial charge in [0.1, 0.15) is 0 Å². The van der Waals surface area contributed by atoms with Gasteiger partial charge >= 0.3 is 0 Å². The standard InChI is InChI=1S/C22H21ClN6O2/c23-16-3-5-17(6-4-16)29-11-7-18(26-29)21(31)25-22(15-30)8-12-28(14-22)20-19-2-1-10-27(19)13-9-24-20/h1-7,9-11,13,30H,8,12,14-15H2,(H,25,31). The lowest BCUT2D eigenvalue weighted by Gasteiger charge is -2.28. The SMILES string of the molecule is O=C(NC1(CO)CCN(c2nccn3cccc23)C1)c1ccn(-c2ccc(Cl)cc2)n1. The molecule has 1 aliphatic heterocycles. The molecule has 1 fully saturated rings. The minimum absolute atomic E-state index is 0.169. The van der Waals surface area contributed by atoms with Crippen molar-refractivity contribution in [3.63, 3.8) is 0 Å². The highest BCUT2D eigenvalue weighted by Gasteiger charge is 2.40. The van der Waals surface area contributed by atoms with Crippen LogP contribution in [0.2, 0.25) is 5.02 Å². The molecule has 1 atom stereocenters. The topological polar surface area (TPSA) is 87.7 Å². The predicted molar refractivity (Wildman–Crippen MR) is 118 cm³/mol. The second-order valence-electron chi connectivity index (χ2n) is 7.74. The first-order chi connectivity index (χ1) is 15.1. The number of aliphatic hydroxyl groups is 1. The third-order valence-corrected chi connectivity index (χ3v) is 5.93. The number of fused-ring (bicyclic) bond motifs is 1. The third kappa shape index (κ3) is 3.64. The number of nitrogens with one attached hydrogen (secondary N) is 1. The summed E-state index contributed by atoms with van der Waals surface area (Å²) in [4.78, 5) is 19.5. The maximum absolute atomic E-state index is 12.9. The Labute approximate surface area is 183 Å². The lowest BCUT2D eigenvalue weighted by atomic mass is 9.99. The minimum Gasteiger partial charge on any atom is -0.394 e. The summed E-state index contributed by atoms with van der Waals surface area (Å²) < 4.78 is 3.62. The average molecular weight is 437 g/mol. The molecule has 4 aromatic rings. The number of anilines is 1. The number of aliphatic hydroxyl groups excluding tert-OH is 1. The Morgan fingerprint density at radius 3 is 2.81 bits per heavy atom. The van der Waals surface area contributed by atoms with Gasteiger partial charge < -0.3 is 19.7 Å². The van der Waals surface area contributed by atoms with Gasteiger partial charge in [-0.25, -0.2) is 9.67 Å². The highest BCUT2D eigenvalue weighted by molar-refractivity contribution is 6.30. The van der Waals surface area contributed by atoms with E-state index in [0.717, 1.165) is 17.0 Å². The van der Waals surface area contributed by atoms with E-state index in [9.17, 15) is 9.90 Å². The molecule has 0 saturated carbocycles. The molecule has 5 rings (SSSR count). The number of hydrogen-bond donors (Lipinski definition) is 2. The summed E-state index contributed by atoms with van der Waals surface area (Å²) >= 11 is 5.94. The molecule has 1 aromatic carbocycles. The maximum Gasteiger partial charge on any atom is 0.272 e. The molecule has 1 amide bonds. The van der Waals surface area contributed by atoms with Crippen molar-refractivity contribution in [3.8, 4) is 5.69 Å². The Morgan fingerprint density at radius 2 is 2.00 bits per heavy atom. The van der Waals surface area contributed by atoms with E-state index in [2.05, 4.69) is 20.3 Å². The minimum atomic E-state index is -0.762. The van der Waals surface area contributed by atoms with Gasteiger partial charge in [0, 0.05) is 42.9 Å². The number of halogens is 1. The lowest BCUT2D eigenvalue weighted by molar-refractivity contribution is 0.0849. The molecular weight excluding hydrogens is 416 g/mol. The van der Waals surface area contributed by atoms with Gasteiger partial charge in [-0.2, -0.15) is 5.10 Å². The Bertz CT molecular complexity index is 1230. The highest BCUT2D eigenvalue weighted by Crippen LogP contribution is 2.28. The fraction of sp³-hybridized carbons (Fsp3) is 0.227. The monoisotopic (exact) mass is 436 g/mol. The van der Waals surface area contributed by atoms with Crippen LogP contribution in [0, 0.1) is 0 Å². The fourth-order valence-corrected chi connectivity index (χ4v) is 4.14. The molecule has 0 spiro atoms. The van der Waals surface area contributed by atoms with E-state index in [4.69, 9.17) is 11.6 Å². The number of aromatic nitrogens is 4. The smallest absolute Gasteiger partial charge is 0.272 e. The molecule has 9 heteroatoms. The Hall–Kier alpha value is -3.36. The van der Waals surface area contributed by atoms with Gasteiger partial charge in [0.25, 0.3) is 5.91 Å². The first kappa shape index (κ1) is 19.6. The highest BCUT2D eigenvalue weighted by atomic mass is 35.5. The van der Waals surface area contributed by atoms with Crippen molar-refractivity contribution in [2.24, 2.45) is 0 Å². The summed E-state index contributed by atoms with van der Waals surface area (Å²) in [5.74, 6) is 0.515. The molecule has 0 aliphatic carbocycles. The largest absolute Gasteiger partial charge is 0.394 e. The predicted octanol–water partition coefficient (Wildman–Crippen LogP) is 2.54. The van der Waals surface area contributed by atoms with E-state index in [1.807, 2.05) is 41.1 Å². The molecule has 158 valence electrons. The van der Waals surface area contributed by atoms with Crippen molar-refractivity contribution >= 4 is 28.8 Å². The van der Waals surface area contributed by atoms with E-state index in [-0.39, 0.29) is 18.2 Å². The summed E-state index contributed by atoms with van der Waals surface area (Å²) in [7, 11) is 0. The molecule has 1 saturated heterocycles. The summed E-state index contributed by atoms with van der Waals surface area (Å²) in [6.07, 6.45) is 7.95. The molecule has 0 bridgehead atoms. The third-order valence-electron chi connectivity index (χ3n) is 5.68. The number of amides is 1. The number of rotatable bonds is 5. The normalized spacial score (nSPS) is 18.6. The molecular formula is C22H21ClN6O2. The van der Waals surface area contributed by atoms with Crippen molar-refractivity contribution in [3.05, 3.63) is 78.0 Å². The van der Waals surface area contributed by atoms with Gasteiger partial charge in [0.15, 0.2) is 11.5 Å². The van der Waals surface area contributed by atoms with Crippen molar-refractivity contribution in [1.29, 1.82) is 0 Å². The van der Waals surface area contributed by atoms with Crippen LogP contribution in [0.1, 0.15) is 16.9 Å². The Morgan fingerprint density at radius 1 is 1.16 bits per heavy atom. The average Bonchev–Trinajstić information content (AvgIpc) is 3.53. The van der Waals surface area contributed by atoms with Crippen molar-refractivity contribution in [2.75, 3.05) is 24.6 Å². The zero-order valence-corrected chi connectivity index (χ0v) is 17.4. The Balaban J connectivity index is 1.33.